The topological polar surface area (TPSA) is 12.0 Å². The van der Waals surface area contributed by atoms with E-state index in [1.165, 1.54) is 0 Å². The molecule has 0 aliphatic heterocycles. The van der Waals surface area contributed by atoms with Crippen LogP contribution in [0.1, 0.15) is 0 Å². The Hall–Kier alpha value is 0.334. The van der Waals surface area contributed by atoms with Crippen molar-refractivity contribution in [2.45, 2.75) is 19.6 Å². The summed E-state index contributed by atoms with van der Waals surface area (Å²) in [6.07, 6.45) is 6.59. The summed E-state index contributed by atoms with van der Waals surface area (Å²) in [6, 6.07) is 0. The summed E-state index contributed by atoms with van der Waals surface area (Å²) in [6.45, 7) is 7.20. The van der Waals surface area contributed by atoms with E-state index >= 15 is 0 Å². The van der Waals surface area contributed by atoms with Crippen LogP contribution in [-0.4, -0.2) is 14.8 Å². The second kappa shape index (κ2) is 5.15. The normalized spacial score (nSPS) is 9.56. The van der Waals surface area contributed by atoms with Crippen LogP contribution in [0.4, 0.5) is 0 Å². The molecule has 0 aliphatic rings. The SMILES string of the molecule is [C-]#CCN[Si](C)(C)C.[Li+]. The van der Waals surface area contributed by atoms with E-state index < -0.39 is 8.24 Å². The fourth-order valence-electron chi connectivity index (χ4n) is 0.309. The Bertz CT molecular complexity index is 101. The Morgan fingerprint density at radius 1 is 1.44 bits per heavy atom. The molecular formula is C6H12LiNSi. The summed E-state index contributed by atoms with van der Waals surface area (Å²) in [7, 11) is -1.11. The van der Waals surface area contributed by atoms with Gasteiger partial charge in [0.25, 0.3) is 0 Å². The molecule has 0 aliphatic carbocycles. The Kier molecular flexibility index (Phi) is 6.89. The van der Waals surface area contributed by atoms with Crippen molar-refractivity contribution >= 4 is 8.24 Å². The van der Waals surface area contributed by atoms with Crippen LogP contribution < -0.4 is 23.8 Å². The van der Waals surface area contributed by atoms with Gasteiger partial charge in [0.15, 0.2) is 0 Å². The molecule has 0 aromatic rings. The van der Waals surface area contributed by atoms with E-state index in [4.69, 9.17) is 6.42 Å². The minimum Gasteiger partial charge on any atom is -0.692 e. The van der Waals surface area contributed by atoms with E-state index in [0.717, 1.165) is 0 Å². The standard InChI is InChI=1S/C6H12NSi.Li/c1-5-6-7-8(2,3)4;/h7H,6H2,2-4H3;/q-1;+1. The van der Waals surface area contributed by atoms with Gasteiger partial charge in [0, 0.05) is 6.54 Å². The molecule has 0 atom stereocenters. The molecular weight excluding hydrogens is 121 g/mol. The van der Waals surface area contributed by atoms with Crippen LogP contribution >= 0.6 is 0 Å². The van der Waals surface area contributed by atoms with Crippen LogP contribution in [-0.2, 0) is 0 Å². The van der Waals surface area contributed by atoms with Crippen molar-refractivity contribution in [3.8, 4) is 5.92 Å². The van der Waals surface area contributed by atoms with E-state index in [0.29, 0.717) is 6.54 Å². The van der Waals surface area contributed by atoms with Crippen molar-refractivity contribution in [3.63, 3.8) is 0 Å². The van der Waals surface area contributed by atoms with E-state index in [1.54, 1.807) is 0 Å². The molecule has 46 valence electrons. The first kappa shape index (κ1) is 12.1. The van der Waals surface area contributed by atoms with E-state index in [-0.39, 0.29) is 18.9 Å². The molecule has 0 aromatic carbocycles. The average molecular weight is 133 g/mol. The maximum atomic E-state index is 6.59. The van der Waals surface area contributed by atoms with Crippen LogP contribution in [0.15, 0.2) is 0 Å². The van der Waals surface area contributed by atoms with Crippen molar-refractivity contribution in [2.75, 3.05) is 6.54 Å². The van der Waals surface area contributed by atoms with Crippen LogP contribution in [0.2, 0.25) is 19.6 Å². The van der Waals surface area contributed by atoms with Gasteiger partial charge in [-0.2, -0.15) is 0 Å². The van der Waals surface area contributed by atoms with Gasteiger partial charge in [0.1, 0.15) is 8.24 Å². The van der Waals surface area contributed by atoms with Gasteiger partial charge in [-0.3, -0.25) is 0 Å². The van der Waals surface area contributed by atoms with Crippen molar-refractivity contribution in [2.24, 2.45) is 0 Å². The van der Waals surface area contributed by atoms with Gasteiger partial charge in [-0.1, -0.05) is 19.6 Å². The molecule has 0 bridgehead atoms. The Labute approximate surface area is 70.9 Å². The summed E-state index contributed by atoms with van der Waals surface area (Å²) < 4.78 is 0. The van der Waals surface area contributed by atoms with Gasteiger partial charge in [-0.15, -0.1) is 0 Å². The number of rotatable bonds is 2. The third-order valence-corrected chi connectivity index (χ3v) is 1.94. The quantitative estimate of drug-likeness (QED) is 0.261. The molecule has 0 aromatic heterocycles. The first-order chi connectivity index (χ1) is 3.56. The molecule has 0 saturated heterocycles. The smallest absolute Gasteiger partial charge is 0.692 e. The van der Waals surface area contributed by atoms with E-state index in [2.05, 4.69) is 30.5 Å². The van der Waals surface area contributed by atoms with Gasteiger partial charge in [0.2, 0.25) is 0 Å². The van der Waals surface area contributed by atoms with Crippen molar-refractivity contribution in [1.82, 2.24) is 4.98 Å². The second-order valence-corrected chi connectivity index (χ2v) is 7.63. The molecule has 0 amide bonds. The molecule has 0 saturated carbocycles. The maximum Gasteiger partial charge on any atom is 1.00 e. The van der Waals surface area contributed by atoms with E-state index in [9.17, 15) is 0 Å². The van der Waals surface area contributed by atoms with Crippen molar-refractivity contribution in [3.05, 3.63) is 6.42 Å². The van der Waals surface area contributed by atoms with Crippen molar-refractivity contribution in [1.29, 1.82) is 0 Å². The van der Waals surface area contributed by atoms with Crippen LogP contribution in [0.5, 0.6) is 0 Å². The van der Waals surface area contributed by atoms with Crippen LogP contribution in [0.3, 0.4) is 0 Å². The third kappa shape index (κ3) is 11.8. The molecule has 0 rings (SSSR count). The fourth-order valence-corrected chi connectivity index (χ4v) is 0.928. The minimum absolute atomic E-state index is 0. The minimum atomic E-state index is -1.11. The summed E-state index contributed by atoms with van der Waals surface area (Å²) in [5, 5.41) is 0. The number of nitrogens with one attached hydrogen (secondary N) is 1. The zero-order chi connectivity index (χ0) is 6.62. The first-order valence-corrected chi connectivity index (χ1v) is 6.21. The summed E-state index contributed by atoms with van der Waals surface area (Å²) >= 11 is 0. The third-order valence-electron chi connectivity index (χ3n) is 0.707. The molecule has 0 heterocycles. The van der Waals surface area contributed by atoms with Crippen LogP contribution in [0, 0.1) is 12.3 Å². The molecule has 0 unspecified atom stereocenters. The largest absolute Gasteiger partial charge is 1.00 e. The van der Waals surface area contributed by atoms with Gasteiger partial charge in [0.05, 0.1) is 0 Å². The summed E-state index contributed by atoms with van der Waals surface area (Å²) in [4.78, 5) is 3.21. The van der Waals surface area contributed by atoms with Gasteiger partial charge < -0.3 is 17.3 Å². The molecule has 9 heavy (non-hydrogen) atoms. The Morgan fingerprint density at radius 3 is 2.00 bits per heavy atom. The molecule has 1 nitrogen and oxygen atoms in total. The fraction of sp³-hybridized carbons (Fsp3) is 0.667. The Balaban J connectivity index is 0. The molecule has 0 radical (unpaired) electrons. The summed E-state index contributed by atoms with van der Waals surface area (Å²) in [5.74, 6) is 2.30. The van der Waals surface area contributed by atoms with E-state index in [1.807, 2.05) is 0 Å². The predicted octanol–water partition coefficient (Wildman–Crippen LogP) is -2.00. The zero-order valence-electron chi connectivity index (χ0n) is 6.71. The van der Waals surface area contributed by atoms with Gasteiger partial charge in [-0.05, 0) is 0 Å². The molecule has 3 heteroatoms. The maximum absolute atomic E-state index is 6.59. The monoisotopic (exact) mass is 133 g/mol. The molecule has 0 spiro atoms. The number of hydrogen-bond donors (Lipinski definition) is 1. The second-order valence-electron chi connectivity index (χ2n) is 2.78. The zero-order valence-corrected chi connectivity index (χ0v) is 7.71. The van der Waals surface area contributed by atoms with Crippen molar-refractivity contribution < 1.29 is 18.9 Å². The first-order valence-electron chi connectivity index (χ1n) is 2.71. The predicted molar refractivity (Wildman–Crippen MR) is 38.5 cm³/mol. The molecule has 0 fully saturated rings. The number of hydrogen-bond acceptors (Lipinski definition) is 1. The summed E-state index contributed by atoms with van der Waals surface area (Å²) in [5.41, 5.74) is 0. The van der Waals surface area contributed by atoms with Gasteiger partial charge in [-0.25, -0.2) is 0 Å². The molecule has 1 N–H and O–H groups in total. The van der Waals surface area contributed by atoms with Crippen LogP contribution in [0.25, 0.3) is 0 Å². The average Bonchev–Trinajstić information content (AvgIpc) is 1.59. The van der Waals surface area contributed by atoms with Gasteiger partial charge >= 0.3 is 18.9 Å². The Morgan fingerprint density at radius 2 is 1.89 bits per heavy atom.